The highest BCUT2D eigenvalue weighted by molar-refractivity contribution is 6.15. The van der Waals surface area contributed by atoms with Gasteiger partial charge in [0.2, 0.25) is 0 Å². The van der Waals surface area contributed by atoms with Gasteiger partial charge >= 0.3 is 5.97 Å². The number of benzene rings is 2. The third-order valence-corrected chi connectivity index (χ3v) is 3.74. The Balaban J connectivity index is 2.31. The fourth-order valence-electron chi connectivity index (χ4n) is 2.51. The van der Waals surface area contributed by atoms with Crippen molar-refractivity contribution in [2.45, 2.75) is 0 Å². The monoisotopic (exact) mass is 328 g/mol. The second-order valence-electron chi connectivity index (χ2n) is 5.21. The number of imidazole rings is 1. The van der Waals surface area contributed by atoms with E-state index in [1.165, 1.54) is 7.11 Å². The molecule has 0 N–H and O–H groups in total. The van der Waals surface area contributed by atoms with Crippen LogP contribution in [-0.4, -0.2) is 22.6 Å². The predicted molar refractivity (Wildman–Crippen MR) is 91.6 cm³/mol. The molecule has 0 aliphatic carbocycles. The van der Waals surface area contributed by atoms with Crippen molar-refractivity contribution in [3.63, 3.8) is 0 Å². The largest absolute Gasteiger partial charge is 0.465 e. The number of hydrogen-bond donors (Lipinski definition) is 0. The molecule has 0 aliphatic rings. The highest BCUT2D eigenvalue weighted by Gasteiger charge is 2.20. The van der Waals surface area contributed by atoms with E-state index in [1.807, 2.05) is 0 Å². The number of rotatable bonds is 3. The minimum atomic E-state index is -0.592. The van der Waals surface area contributed by atoms with Crippen LogP contribution in [0.3, 0.4) is 0 Å². The van der Waals surface area contributed by atoms with E-state index in [4.69, 9.17) is 15.3 Å². The van der Waals surface area contributed by atoms with Gasteiger partial charge in [-0.1, -0.05) is 6.58 Å². The molecule has 0 saturated carbocycles. The van der Waals surface area contributed by atoms with Crippen LogP contribution in [0.25, 0.3) is 22.3 Å². The summed E-state index contributed by atoms with van der Waals surface area (Å²) < 4.78 is 6.47. The molecule has 6 nitrogen and oxygen atoms in total. The molecular formula is C19H12N4O2. The van der Waals surface area contributed by atoms with Crippen LogP contribution in [0.1, 0.15) is 17.0 Å². The Morgan fingerprint density at radius 3 is 2.36 bits per heavy atom. The molecular weight excluding hydrogens is 316 g/mol. The fourth-order valence-corrected chi connectivity index (χ4v) is 2.51. The molecule has 6 heteroatoms. The van der Waals surface area contributed by atoms with Crippen molar-refractivity contribution in [3.8, 4) is 17.8 Å². The number of nitrogens with zero attached hydrogens (tertiary/aromatic N) is 4. The summed E-state index contributed by atoms with van der Waals surface area (Å²) in [6.45, 7) is 3.78. The standard InChI is InChI=1S/C19H12N4O2/c1-12(19(24)25-2)18-22-16-8-5-14(11-21)9-17(16)23(18)15-6-3-13(10-20)4-7-15/h3-9H,1H2,2H3. The number of aromatic nitrogens is 2. The van der Waals surface area contributed by atoms with E-state index in [9.17, 15) is 4.79 Å². The summed E-state index contributed by atoms with van der Waals surface area (Å²) in [7, 11) is 1.27. The third-order valence-electron chi connectivity index (χ3n) is 3.74. The normalized spacial score (nSPS) is 10.0. The van der Waals surface area contributed by atoms with E-state index < -0.39 is 5.97 Å². The first-order valence-electron chi connectivity index (χ1n) is 7.29. The minimum Gasteiger partial charge on any atom is -0.465 e. The van der Waals surface area contributed by atoms with Gasteiger partial charge in [0.05, 0.1) is 47.0 Å². The van der Waals surface area contributed by atoms with Gasteiger partial charge in [-0.25, -0.2) is 9.78 Å². The summed E-state index contributed by atoms with van der Waals surface area (Å²) in [4.78, 5) is 16.4. The van der Waals surface area contributed by atoms with Crippen LogP contribution >= 0.6 is 0 Å². The Morgan fingerprint density at radius 2 is 1.76 bits per heavy atom. The number of carbonyl (C=O) groups excluding carboxylic acids is 1. The Bertz CT molecular complexity index is 1080. The van der Waals surface area contributed by atoms with Crippen molar-refractivity contribution in [1.29, 1.82) is 10.5 Å². The van der Waals surface area contributed by atoms with Crippen LogP contribution in [0.4, 0.5) is 0 Å². The lowest BCUT2D eigenvalue weighted by Gasteiger charge is -2.10. The maximum Gasteiger partial charge on any atom is 0.341 e. The zero-order chi connectivity index (χ0) is 18.0. The quantitative estimate of drug-likeness (QED) is 0.544. The van der Waals surface area contributed by atoms with E-state index in [2.05, 4.69) is 23.7 Å². The first-order valence-corrected chi connectivity index (χ1v) is 7.29. The van der Waals surface area contributed by atoms with Gasteiger partial charge in [0, 0.05) is 5.69 Å². The molecule has 1 heterocycles. The summed E-state index contributed by atoms with van der Waals surface area (Å²) in [5.41, 5.74) is 3.04. The molecule has 0 atom stereocenters. The fraction of sp³-hybridized carbons (Fsp3) is 0.0526. The topological polar surface area (TPSA) is 91.7 Å². The molecule has 0 radical (unpaired) electrons. The van der Waals surface area contributed by atoms with Gasteiger partial charge in [-0.05, 0) is 42.5 Å². The Labute approximate surface area is 143 Å². The van der Waals surface area contributed by atoms with Crippen LogP contribution in [0.15, 0.2) is 49.0 Å². The van der Waals surface area contributed by atoms with Gasteiger partial charge in [-0.3, -0.25) is 4.57 Å². The molecule has 0 unspecified atom stereocenters. The second kappa shape index (κ2) is 6.31. The van der Waals surface area contributed by atoms with Crippen LogP contribution in [0.5, 0.6) is 0 Å². The zero-order valence-electron chi connectivity index (χ0n) is 13.4. The molecule has 0 bridgehead atoms. The molecule has 120 valence electrons. The third kappa shape index (κ3) is 2.73. The summed E-state index contributed by atoms with van der Waals surface area (Å²) >= 11 is 0. The zero-order valence-corrected chi connectivity index (χ0v) is 13.4. The second-order valence-corrected chi connectivity index (χ2v) is 5.21. The number of carbonyl (C=O) groups is 1. The summed E-state index contributed by atoms with van der Waals surface area (Å²) in [5, 5.41) is 18.1. The SMILES string of the molecule is C=C(C(=O)OC)c1nc2ccc(C#N)cc2n1-c1ccc(C#N)cc1. The van der Waals surface area contributed by atoms with Crippen molar-refractivity contribution in [2.24, 2.45) is 0 Å². The number of methoxy groups -OCH3 is 1. The van der Waals surface area contributed by atoms with Crippen molar-refractivity contribution in [1.82, 2.24) is 9.55 Å². The van der Waals surface area contributed by atoms with Crippen molar-refractivity contribution in [2.75, 3.05) is 7.11 Å². The van der Waals surface area contributed by atoms with Crippen LogP contribution < -0.4 is 0 Å². The molecule has 3 rings (SSSR count). The lowest BCUT2D eigenvalue weighted by Crippen LogP contribution is -2.08. The highest BCUT2D eigenvalue weighted by atomic mass is 16.5. The first-order chi connectivity index (χ1) is 12.1. The van der Waals surface area contributed by atoms with E-state index in [-0.39, 0.29) is 5.57 Å². The molecule has 0 spiro atoms. The Kier molecular flexibility index (Phi) is 4.03. The Morgan fingerprint density at radius 1 is 1.12 bits per heavy atom. The Hall–Kier alpha value is -3.90. The molecule has 3 aromatic rings. The molecule has 0 fully saturated rings. The van der Waals surface area contributed by atoms with Crippen molar-refractivity contribution < 1.29 is 9.53 Å². The van der Waals surface area contributed by atoms with Gasteiger partial charge < -0.3 is 4.74 Å². The number of ether oxygens (including phenoxy) is 1. The molecule has 25 heavy (non-hydrogen) atoms. The minimum absolute atomic E-state index is 0.0987. The van der Waals surface area contributed by atoms with Gasteiger partial charge in [-0.15, -0.1) is 0 Å². The number of fused-ring (bicyclic) bond motifs is 1. The van der Waals surface area contributed by atoms with Crippen LogP contribution in [0, 0.1) is 22.7 Å². The average molecular weight is 328 g/mol. The van der Waals surface area contributed by atoms with Crippen molar-refractivity contribution in [3.05, 3.63) is 66.0 Å². The van der Waals surface area contributed by atoms with E-state index >= 15 is 0 Å². The predicted octanol–water partition coefficient (Wildman–Crippen LogP) is 2.96. The number of hydrogen-bond acceptors (Lipinski definition) is 5. The molecule has 0 aliphatic heterocycles. The maximum absolute atomic E-state index is 11.9. The van der Waals surface area contributed by atoms with Gasteiger partial charge in [0.25, 0.3) is 0 Å². The molecule has 1 aromatic heterocycles. The lowest BCUT2D eigenvalue weighted by atomic mass is 10.2. The smallest absolute Gasteiger partial charge is 0.341 e. The van der Waals surface area contributed by atoms with Crippen molar-refractivity contribution >= 4 is 22.6 Å². The molecule has 0 amide bonds. The summed E-state index contributed by atoms with van der Waals surface area (Å²) in [6, 6.07) is 16.0. The molecule has 0 saturated heterocycles. The van der Waals surface area contributed by atoms with Gasteiger partial charge in [-0.2, -0.15) is 10.5 Å². The van der Waals surface area contributed by atoms with Crippen LogP contribution in [0.2, 0.25) is 0 Å². The number of esters is 1. The highest BCUT2D eigenvalue weighted by Crippen LogP contribution is 2.27. The molecule has 2 aromatic carbocycles. The number of nitriles is 2. The lowest BCUT2D eigenvalue weighted by molar-refractivity contribution is -0.133. The first kappa shape index (κ1) is 16.0. The summed E-state index contributed by atoms with van der Waals surface area (Å²) in [6.07, 6.45) is 0. The summed E-state index contributed by atoms with van der Waals surface area (Å²) in [5.74, 6) is -0.271. The van der Waals surface area contributed by atoms with Gasteiger partial charge in [0.1, 0.15) is 0 Å². The van der Waals surface area contributed by atoms with Crippen LogP contribution in [-0.2, 0) is 9.53 Å². The van der Waals surface area contributed by atoms with Gasteiger partial charge in [0.15, 0.2) is 5.82 Å². The average Bonchev–Trinajstić information content (AvgIpc) is 3.05. The van der Waals surface area contributed by atoms with E-state index in [1.54, 1.807) is 47.0 Å². The van der Waals surface area contributed by atoms with E-state index in [0.29, 0.717) is 33.7 Å². The maximum atomic E-state index is 11.9. The van der Waals surface area contributed by atoms with E-state index in [0.717, 1.165) is 0 Å².